The molecule has 0 bridgehead atoms. The molecule has 158 valence electrons. The van der Waals surface area contributed by atoms with Crippen LogP contribution in [0.25, 0.3) is 0 Å². The zero-order valence-electron chi connectivity index (χ0n) is 16.8. The zero-order valence-corrected chi connectivity index (χ0v) is 16.8. The lowest BCUT2D eigenvalue weighted by Gasteiger charge is -2.22. The van der Waals surface area contributed by atoms with E-state index in [2.05, 4.69) is 10.4 Å². The van der Waals surface area contributed by atoms with Crippen LogP contribution in [0, 0.1) is 0 Å². The normalized spacial score (nSPS) is 21.1. The van der Waals surface area contributed by atoms with Crippen molar-refractivity contribution in [2.24, 2.45) is 5.10 Å². The summed E-state index contributed by atoms with van der Waals surface area (Å²) >= 11 is 0. The number of hydrogen-bond acceptors (Lipinski definition) is 7. The molecule has 0 aromatic heterocycles. The summed E-state index contributed by atoms with van der Waals surface area (Å²) in [5, 5.41) is 8.88. The molecule has 1 aromatic carbocycles. The van der Waals surface area contributed by atoms with Gasteiger partial charge >= 0.3 is 5.97 Å². The van der Waals surface area contributed by atoms with Gasteiger partial charge in [-0.3, -0.25) is 9.80 Å². The first-order valence-electron chi connectivity index (χ1n) is 10.2. The molecule has 0 spiro atoms. The smallest absolute Gasteiger partial charge is 0.354 e. The summed E-state index contributed by atoms with van der Waals surface area (Å²) in [6, 6.07) is 8.76. The van der Waals surface area contributed by atoms with Gasteiger partial charge in [-0.2, -0.15) is 5.10 Å². The largest absolute Gasteiger partial charge is 0.461 e. The Bertz CT molecular complexity index is 704. The summed E-state index contributed by atoms with van der Waals surface area (Å²) < 4.78 is 16.2. The molecule has 2 heterocycles. The summed E-state index contributed by atoms with van der Waals surface area (Å²) in [5.41, 5.74) is 1.02. The number of esters is 1. The van der Waals surface area contributed by atoms with Crippen molar-refractivity contribution in [1.82, 2.24) is 5.32 Å². The van der Waals surface area contributed by atoms with Gasteiger partial charge in [-0.25, -0.2) is 4.79 Å². The maximum Gasteiger partial charge on any atom is 0.354 e. The molecule has 2 unspecified atom stereocenters. The fraction of sp³-hybridized carbons (Fsp3) is 0.571. The van der Waals surface area contributed by atoms with Gasteiger partial charge in [-0.15, -0.1) is 0 Å². The number of amides is 1. The molecule has 1 saturated heterocycles. The Labute approximate surface area is 171 Å². The second-order valence-corrected chi connectivity index (χ2v) is 7.02. The minimum absolute atomic E-state index is 0.170. The van der Waals surface area contributed by atoms with Crippen molar-refractivity contribution in [1.29, 1.82) is 0 Å². The minimum Gasteiger partial charge on any atom is -0.461 e. The van der Waals surface area contributed by atoms with E-state index < -0.39 is 12.0 Å². The third-order valence-electron chi connectivity index (χ3n) is 4.84. The van der Waals surface area contributed by atoms with Gasteiger partial charge in [0.2, 0.25) is 5.91 Å². The molecule has 1 aromatic rings. The number of anilines is 1. The number of nitrogens with zero attached hydrogens (tertiary/aromatic N) is 2. The van der Waals surface area contributed by atoms with Crippen LogP contribution in [0.2, 0.25) is 0 Å². The maximum atomic E-state index is 12.8. The van der Waals surface area contributed by atoms with Gasteiger partial charge in [0, 0.05) is 26.2 Å². The van der Waals surface area contributed by atoms with Crippen molar-refractivity contribution < 1.29 is 23.8 Å². The van der Waals surface area contributed by atoms with Crippen molar-refractivity contribution in [2.75, 3.05) is 38.0 Å². The van der Waals surface area contributed by atoms with Crippen molar-refractivity contribution in [2.45, 2.75) is 44.8 Å². The van der Waals surface area contributed by atoms with Gasteiger partial charge in [0.25, 0.3) is 0 Å². The molecule has 2 atom stereocenters. The van der Waals surface area contributed by atoms with E-state index in [0.717, 1.165) is 25.1 Å². The highest BCUT2D eigenvalue weighted by Gasteiger charge is 2.36. The Morgan fingerprint density at radius 3 is 2.86 bits per heavy atom. The highest BCUT2D eigenvalue weighted by atomic mass is 16.5. The first-order valence-corrected chi connectivity index (χ1v) is 10.2. The van der Waals surface area contributed by atoms with Crippen LogP contribution in [-0.2, 0) is 23.8 Å². The Hall–Kier alpha value is -2.45. The van der Waals surface area contributed by atoms with Crippen molar-refractivity contribution in [3.8, 4) is 0 Å². The van der Waals surface area contributed by atoms with Crippen LogP contribution >= 0.6 is 0 Å². The molecular formula is C21H29N3O5. The lowest BCUT2D eigenvalue weighted by Crippen LogP contribution is -2.43. The molecular weight excluding hydrogens is 374 g/mol. The second kappa shape index (κ2) is 10.9. The first kappa shape index (κ1) is 21.3. The lowest BCUT2D eigenvalue weighted by molar-refractivity contribution is -0.135. The third-order valence-corrected chi connectivity index (χ3v) is 4.84. The molecule has 1 fully saturated rings. The number of rotatable bonds is 10. The molecule has 0 radical (unpaired) electrons. The first-order chi connectivity index (χ1) is 14.2. The molecule has 0 aliphatic carbocycles. The topological polar surface area (TPSA) is 89.5 Å². The van der Waals surface area contributed by atoms with Gasteiger partial charge in [0.1, 0.15) is 11.8 Å². The highest BCUT2D eigenvalue weighted by Crippen LogP contribution is 2.25. The third kappa shape index (κ3) is 6.01. The molecule has 8 nitrogen and oxygen atoms in total. The second-order valence-electron chi connectivity index (χ2n) is 7.02. The van der Waals surface area contributed by atoms with Crippen LogP contribution in [0.4, 0.5) is 5.69 Å². The fourth-order valence-corrected chi connectivity index (χ4v) is 3.37. The average molecular weight is 403 g/mol. The van der Waals surface area contributed by atoms with Crippen LogP contribution < -0.4 is 10.3 Å². The minimum atomic E-state index is -0.579. The quantitative estimate of drug-likeness (QED) is 0.474. The van der Waals surface area contributed by atoms with Crippen LogP contribution in [0.5, 0.6) is 0 Å². The standard InChI is InChI=1S/C21H29N3O5/c1-2-28-21(26)18-14-19(24(23-18)16-8-4-3-5-9-16)20(25)22-11-7-12-27-15-17-10-6-13-29-17/h3-5,8-9,17,19H,2,6-7,10-15H2,1H3,(H,22,25). The van der Waals surface area contributed by atoms with E-state index in [4.69, 9.17) is 14.2 Å². The van der Waals surface area contributed by atoms with Gasteiger partial charge in [0.15, 0.2) is 0 Å². The summed E-state index contributed by atoms with van der Waals surface area (Å²) in [6.45, 7) is 4.50. The van der Waals surface area contributed by atoms with Gasteiger partial charge < -0.3 is 19.5 Å². The predicted molar refractivity (Wildman–Crippen MR) is 109 cm³/mol. The highest BCUT2D eigenvalue weighted by molar-refractivity contribution is 6.38. The average Bonchev–Trinajstić information content (AvgIpc) is 3.41. The monoisotopic (exact) mass is 403 g/mol. The molecule has 1 N–H and O–H groups in total. The number of ether oxygens (including phenoxy) is 3. The number of hydrazone groups is 1. The van der Waals surface area contributed by atoms with Crippen molar-refractivity contribution >= 4 is 23.3 Å². The number of carbonyl (C=O) groups is 2. The molecule has 2 aliphatic heterocycles. The van der Waals surface area contributed by atoms with E-state index in [1.165, 1.54) is 0 Å². The maximum absolute atomic E-state index is 12.8. The van der Waals surface area contributed by atoms with Crippen LogP contribution in [0.15, 0.2) is 35.4 Å². The summed E-state index contributed by atoms with van der Waals surface area (Å²) in [4.78, 5) is 24.9. The Balaban J connectivity index is 1.49. The van der Waals surface area contributed by atoms with Gasteiger partial charge in [-0.05, 0) is 38.3 Å². The van der Waals surface area contributed by atoms with Gasteiger partial charge in [-0.1, -0.05) is 18.2 Å². The molecule has 3 rings (SSSR count). The Kier molecular flexibility index (Phi) is 8.01. The number of carbonyl (C=O) groups excluding carboxylic acids is 2. The number of para-hydroxylation sites is 1. The van der Waals surface area contributed by atoms with Crippen LogP contribution in [0.3, 0.4) is 0 Å². The van der Waals surface area contributed by atoms with Crippen LogP contribution in [0.1, 0.15) is 32.6 Å². The zero-order chi connectivity index (χ0) is 20.5. The van der Waals surface area contributed by atoms with Crippen LogP contribution in [-0.4, -0.2) is 62.7 Å². The number of benzene rings is 1. The molecule has 1 amide bonds. The van der Waals surface area contributed by atoms with Crippen molar-refractivity contribution in [3.63, 3.8) is 0 Å². The summed E-state index contributed by atoms with van der Waals surface area (Å²) in [5.74, 6) is -0.651. The molecule has 2 aliphatic rings. The van der Waals surface area contributed by atoms with E-state index in [-0.39, 0.29) is 30.8 Å². The predicted octanol–water partition coefficient (Wildman–Crippen LogP) is 1.89. The van der Waals surface area contributed by atoms with Crippen molar-refractivity contribution in [3.05, 3.63) is 30.3 Å². The van der Waals surface area contributed by atoms with E-state index in [1.54, 1.807) is 11.9 Å². The van der Waals surface area contributed by atoms with E-state index in [1.807, 2.05) is 30.3 Å². The molecule has 29 heavy (non-hydrogen) atoms. The number of hydrogen-bond donors (Lipinski definition) is 1. The van der Waals surface area contributed by atoms with E-state index in [9.17, 15) is 9.59 Å². The lowest BCUT2D eigenvalue weighted by atomic mass is 10.1. The van der Waals surface area contributed by atoms with Gasteiger partial charge in [0.05, 0.1) is 25.0 Å². The molecule has 0 saturated carbocycles. The molecule has 8 heteroatoms. The van der Waals surface area contributed by atoms with E-state index in [0.29, 0.717) is 26.2 Å². The SMILES string of the molecule is CCOC(=O)C1=NN(c2ccccc2)C(C(=O)NCCCOCC2CCCO2)C1. The Morgan fingerprint density at radius 1 is 1.31 bits per heavy atom. The Morgan fingerprint density at radius 2 is 2.14 bits per heavy atom. The fourth-order valence-electron chi connectivity index (χ4n) is 3.37. The summed E-state index contributed by atoms with van der Waals surface area (Å²) in [7, 11) is 0. The van der Waals surface area contributed by atoms with E-state index >= 15 is 0 Å². The number of nitrogens with one attached hydrogen (secondary N) is 1. The summed E-state index contributed by atoms with van der Waals surface area (Å²) in [6.07, 6.45) is 3.29.